The van der Waals surface area contributed by atoms with Gasteiger partial charge in [0.15, 0.2) is 0 Å². The number of hydrogen-bond acceptors (Lipinski definition) is 5. The van der Waals surface area contributed by atoms with Crippen LogP contribution in [-0.4, -0.2) is 59.8 Å². The van der Waals surface area contributed by atoms with Crippen molar-refractivity contribution in [2.75, 3.05) is 40.3 Å². The van der Waals surface area contributed by atoms with Crippen LogP contribution in [0.3, 0.4) is 0 Å². The number of benzene rings is 2. The van der Waals surface area contributed by atoms with Crippen LogP contribution in [0.1, 0.15) is 28.4 Å². The number of rotatable bonds is 6. The molecule has 0 spiro atoms. The minimum absolute atomic E-state index is 0.0614. The SMILES string of the molecule is COc1ccc(Cn2c(C)cc(O)c(C(c3ccccc3)N3CCN(C)CC3)c2=O)cc1. The normalized spacial score (nSPS) is 16.1. The zero-order chi connectivity index (χ0) is 22.7. The van der Waals surface area contributed by atoms with E-state index in [0.717, 1.165) is 48.7 Å². The van der Waals surface area contributed by atoms with Gasteiger partial charge in [-0.3, -0.25) is 9.69 Å². The topological polar surface area (TPSA) is 57.9 Å². The second-order valence-electron chi connectivity index (χ2n) is 8.48. The lowest BCUT2D eigenvalue weighted by Gasteiger charge is -2.38. The van der Waals surface area contributed by atoms with E-state index in [1.165, 1.54) is 0 Å². The van der Waals surface area contributed by atoms with E-state index < -0.39 is 0 Å². The highest BCUT2D eigenvalue weighted by atomic mass is 16.5. The number of likely N-dealkylation sites (N-methyl/N-ethyl adjacent to an activating group) is 1. The third kappa shape index (κ3) is 4.56. The van der Waals surface area contributed by atoms with Crippen molar-refractivity contribution in [3.8, 4) is 11.5 Å². The van der Waals surface area contributed by atoms with E-state index in [0.29, 0.717) is 12.1 Å². The Balaban J connectivity index is 1.78. The molecule has 1 aromatic heterocycles. The largest absolute Gasteiger partial charge is 0.507 e. The molecule has 1 atom stereocenters. The fraction of sp³-hybridized carbons (Fsp3) is 0.346. The summed E-state index contributed by atoms with van der Waals surface area (Å²) < 4.78 is 7.00. The summed E-state index contributed by atoms with van der Waals surface area (Å²) in [4.78, 5) is 18.4. The Morgan fingerprint density at radius 2 is 1.66 bits per heavy atom. The van der Waals surface area contributed by atoms with Crippen molar-refractivity contribution in [3.05, 3.63) is 93.4 Å². The monoisotopic (exact) mass is 433 g/mol. The predicted octanol–water partition coefficient (Wildman–Crippen LogP) is 3.26. The molecule has 1 fully saturated rings. The van der Waals surface area contributed by atoms with Gasteiger partial charge in [0.05, 0.1) is 25.3 Å². The summed E-state index contributed by atoms with van der Waals surface area (Å²) >= 11 is 0. The summed E-state index contributed by atoms with van der Waals surface area (Å²) in [7, 11) is 3.75. The molecule has 32 heavy (non-hydrogen) atoms. The third-order valence-electron chi connectivity index (χ3n) is 6.31. The smallest absolute Gasteiger partial charge is 0.259 e. The highest BCUT2D eigenvalue weighted by molar-refractivity contribution is 5.41. The molecule has 1 aliphatic heterocycles. The van der Waals surface area contributed by atoms with Gasteiger partial charge in [-0.1, -0.05) is 42.5 Å². The maximum Gasteiger partial charge on any atom is 0.259 e. The van der Waals surface area contributed by atoms with Crippen LogP contribution < -0.4 is 10.3 Å². The zero-order valence-corrected chi connectivity index (χ0v) is 19.0. The summed E-state index contributed by atoms with van der Waals surface area (Å²) in [5, 5.41) is 11.0. The zero-order valence-electron chi connectivity index (χ0n) is 19.0. The van der Waals surface area contributed by atoms with Crippen LogP contribution in [0.2, 0.25) is 0 Å². The van der Waals surface area contributed by atoms with Crippen LogP contribution in [0.4, 0.5) is 0 Å². The van der Waals surface area contributed by atoms with Gasteiger partial charge in [-0.15, -0.1) is 0 Å². The first-order chi connectivity index (χ1) is 15.5. The van der Waals surface area contributed by atoms with Gasteiger partial charge < -0.3 is 19.3 Å². The highest BCUT2D eigenvalue weighted by Crippen LogP contribution is 2.33. The minimum atomic E-state index is -0.292. The number of pyridine rings is 1. The van der Waals surface area contributed by atoms with Crippen LogP contribution in [0, 0.1) is 6.92 Å². The maximum absolute atomic E-state index is 13.8. The Morgan fingerprint density at radius 3 is 2.28 bits per heavy atom. The molecule has 4 rings (SSSR count). The van der Waals surface area contributed by atoms with Crippen LogP contribution in [-0.2, 0) is 6.54 Å². The van der Waals surface area contributed by atoms with Gasteiger partial charge in [-0.2, -0.15) is 0 Å². The lowest BCUT2D eigenvalue weighted by atomic mass is 9.96. The predicted molar refractivity (Wildman–Crippen MR) is 127 cm³/mol. The maximum atomic E-state index is 13.8. The van der Waals surface area contributed by atoms with Crippen molar-refractivity contribution in [1.82, 2.24) is 14.4 Å². The molecule has 3 aromatic rings. The molecule has 0 amide bonds. The Bertz CT molecular complexity index is 1100. The average molecular weight is 434 g/mol. The van der Waals surface area contributed by atoms with Gasteiger partial charge in [-0.25, -0.2) is 0 Å². The van der Waals surface area contributed by atoms with Gasteiger partial charge in [0, 0.05) is 31.9 Å². The lowest BCUT2D eigenvalue weighted by Crippen LogP contribution is -2.47. The van der Waals surface area contributed by atoms with Crippen molar-refractivity contribution in [1.29, 1.82) is 0 Å². The molecule has 0 saturated carbocycles. The average Bonchev–Trinajstić information content (AvgIpc) is 2.81. The van der Waals surface area contributed by atoms with Crippen LogP contribution >= 0.6 is 0 Å². The molecule has 2 aromatic carbocycles. The van der Waals surface area contributed by atoms with Crippen molar-refractivity contribution < 1.29 is 9.84 Å². The quantitative estimate of drug-likeness (QED) is 0.647. The molecular weight excluding hydrogens is 402 g/mol. The van der Waals surface area contributed by atoms with Crippen LogP contribution in [0.5, 0.6) is 11.5 Å². The van der Waals surface area contributed by atoms with Crippen molar-refractivity contribution in [3.63, 3.8) is 0 Å². The number of methoxy groups -OCH3 is 1. The standard InChI is InChI=1S/C26H31N3O3/c1-19-17-23(30)24(26(31)29(19)18-20-9-11-22(32-3)12-10-20)25(21-7-5-4-6-8-21)28-15-13-27(2)14-16-28/h4-12,17,25,30H,13-16,18H2,1-3H3. The fourth-order valence-corrected chi connectivity index (χ4v) is 4.41. The Hall–Kier alpha value is -3.09. The molecule has 1 N–H and O–H groups in total. The molecule has 0 bridgehead atoms. The van der Waals surface area contributed by atoms with Gasteiger partial charge in [0.1, 0.15) is 11.5 Å². The first kappa shape index (κ1) is 22.1. The first-order valence-electron chi connectivity index (χ1n) is 11.0. The molecule has 6 heteroatoms. The molecule has 6 nitrogen and oxygen atoms in total. The number of aryl methyl sites for hydroxylation is 1. The molecule has 168 valence electrons. The number of nitrogens with zero attached hydrogens (tertiary/aromatic N) is 3. The highest BCUT2D eigenvalue weighted by Gasteiger charge is 2.30. The molecule has 1 aliphatic rings. The summed E-state index contributed by atoms with van der Waals surface area (Å²) in [6.07, 6.45) is 0. The van der Waals surface area contributed by atoms with Crippen LogP contribution in [0.25, 0.3) is 0 Å². The fourth-order valence-electron chi connectivity index (χ4n) is 4.41. The third-order valence-corrected chi connectivity index (χ3v) is 6.31. The Labute approximate surface area is 189 Å². The number of ether oxygens (including phenoxy) is 1. The van der Waals surface area contributed by atoms with E-state index in [9.17, 15) is 9.90 Å². The Morgan fingerprint density at radius 1 is 1.00 bits per heavy atom. The summed E-state index contributed by atoms with van der Waals surface area (Å²) in [5.41, 5.74) is 3.05. The molecule has 1 saturated heterocycles. The van der Waals surface area contributed by atoms with Gasteiger partial charge >= 0.3 is 0 Å². The number of hydrogen-bond donors (Lipinski definition) is 1. The van der Waals surface area contributed by atoms with Crippen LogP contribution in [0.15, 0.2) is 65.5 Å². The number of aromatic nitrogens is 1. The number of piperazine rings is 1. The van der Waals surface area contributed by atoms with E-state index in [-0.39, 0.29) is 17.4 Å². The van der Waals surface area contributed by atoms with E-state index in [4.69, 9.17) is 4.74 Å². The summed E-state index contributed by atoms with van der Waals surface area (Å²) in [6.45, 7) is 5.82. The van der Waals surface area contributed by atoms with Gasteiger partial charge in [-0.05, 0) is 43.3 Å². The molecule has 2 heterocycles. The minimum Gasteiger partial charge on any atom is -0.507 e. The second kappa shape index (κ2) is 9.59. The molecule has 0 aliphatic carbocycles. The molecule has 0 radical (unpaired) electrons. The summed E-state index contributed by atoms with van der Waals surface area (Å²) in [5.74, 6) is 0.842. The summed E-state index contributed by atoms with van der Waals surface area (Å²) in [6, 6.07) is 19.2. The van der Waals surface area contributed by atoms with Crippen molar-refractivity contribution in [2.45, 2.75) is 19.5 Å². The van der Waals surface area contributed by atoms with E-state index >= 15 is 0 Å². The van der Waals surface area contributed by atoms with Gasteiger partial charge in [0.25, 0.3) is 5.56 Å². The lowest BCUT2D eigenvalue weighted by molar-refractivity contribution is 0.125. The second-order valence-corrected chi connectivity index (χ2v) is 8.48. The van der Waals surface area contributed by atoms with E-state index in [2.05, 4.69) is 16.8 Å². The first-order valence-corrected chi connectivity index (χ1v) is 11.0. The van der Waals surface area contributed by atoms with E-state index in [1.54, 1.807) is 17.7 Å². The van der Waals surface area contributed by atoms with Crippen molar-refractivity contribution in [2.24, 2.45) is 0 Å². The number of aromatic hydroxyl groups is 1. The van der Waals surface area contributed by atoms with Gasteiger partial charge in [0.2, 0.25) is 0 Å². The Kier molecular flexibility index (Phi) is 6.63. The molecular formula is C26H31N3O3. The van der Waals surface area contributed by atoms with E-state index in [1.807, 2.05) is 61.5 Å². The molecule has 1 unspecified atom stereocenters. The van der Waals surface area contributed by atoms with Crippen molar-refractivity contribution >= 4 is 0 Å².